The number of ether oxygens (including phenoxy) is 2. The van der Waals surface area contributed by atoms with E-state index in [2.05, 4.69) is 21.6 Å². The second kappa shape index (κ2) is 11.0. The van der Waals surface area contributed by atoms with Crippen molar-refractivity contribution in [1.29, 1.82) is 0 Å². The van der Waals surface area contributed by atoms with Crippen molar-refractivity contribution in [2.45, 2.75) is 0 Å². The molecule has 0 aliphatic rings. The Morgan fingerprint density at radius 2 is 1.79 bits per heavy atom. The predicted molar refractivity (Wildman–Crippen MR) is 150 cm³/mol. The van der Waals surface area contributed by atoms with Gasteiger partial charge in [-0.05, 0) is 59.7 Å². The van der Waals surface area contributed by atoms with Crippen molar-refractivity contribution in [2.24, 2.45) is 5.10 Å². The van der Waals surface area contributed by atoms with Crippen LogP contribution in [0.25, 0.3) is 22.0 Å². The van der Waals surface area contributed by atoms with Gasteiger partial charge in [0.2, 0.25) is 5.76 Å². The van der Waals surface area contributed by atoms with E-state index in [-0.39, 0.29) is 17.4 Å². The molecule has 1 amide bonds. The normalized spacial score (nSPS) is 11.1. The van der Waals surface area contributed by atoms with E-state index < -0.39 is 5.97 Å². The van der Waals surface area contributed by atoms with Gasteiger partial charge in [0.1, 0.15) is 5.69 Å². The van der Waals surface area contributed by atoms with Gasteiger partial charge < -0.3 is 23.8 Å². The molecule has 0 saturated carbocycles. The van der Waals surface area contributed by atoms with Crippen LogP contribution in [0.4, 0.5) is 5.69 Å². The second-order valence-corrected chi connectivity index (χ2v) is 8.84. The molecule has 2 N–H and O–H groups in total. The number of carbonyl (C=O) groups excluding carboxylic acids is 2. The minimum absolute atomic E-state index is 0.0789. The number of amides is 1. The maximum absolute atomic E-state index is 13.3. The molecule has 0 radical (unpaired) electrons. The first-order chi connectivity index (χ1) is 18.9. The molecular weight excluding hydrogens is 496 g/mol. The highest BCUT2D eigenvalue weighted by atomic mass is 16.6. The highest BCUT2D eigenvalue weighted by Crippen LogP contribution is 2.34. The number of hydrogen-bond acceptors (Lipinski definition) is 7. The predicted octanol–water partition coefficient (Wildman–Crippen LogP) is 5.49. The number of rotatable bonds is 8. The molecule has 0 aliphatic heterocycles. The molecule has 39 heavy (non-hydrogen) atoms. The summed E-state index contributed by atoms with van der Waals surface area (Å²) in [5.41, 5.74) is 7.22. The van der Waals surface area contributed by atoms with E-state index in [1.807, 2.05) is 61.5 Å². The lowest BCUT2D eigenvalue weighted by Gasteiger charge is -2.12. The molecule has 0 fully saturated rings. The third-order valence-corrected chi connectivity index (χ3v) is 6.08. The Labute approximate surface area is 224 Å². The van der Waals surface area contributed by atoms with Crippen molar-refractivity contribution in [1.82, 2.24) is 10.4 Å². The van der Waals surface area contributed by atoms with Crippen molar-refractivity contribution in [2.75, 3.05) is 26.1 Å². The molecule has 0 bridgehead atoms. The number of nitrogens with zero attached hydrogens (tertiary/aromatic N) is 2. The van der Waals surface area contributed by atoms with E-state index in [1.54, 1.807) is 24.3 Å². The molecular formula is C30H26N4O5. The number of methoxy groups -OCH3 is 1. The molecule has 0 spiro atoms. The quantitative estimate of drug-likeness (QED) is 0.121. The second-order valence-electron chi connectivity index (χ2n) is 8.84. The van der Waals surface area contributed by atoms with Crippen LogP contribution >= 0.6 is 0 Å². The Kier molecular flexibility index (Phi) is 7.13. The van der Waals surface area contributed by atoms with Crippen LogP contribution in [0, 0.1) is 0 Å². The summed E-state index contributed by atoms with van der Waals surface area (Å²) >= 11 is 0. The molecule has 0 unspecified atom stereocenters. The molecule has 9 nitrogen and oxygen atoms in total. The molecule has 3 aromatic carbocycles. The van der Waals surface area contributed by atoms with Gasteiger partial charge in [0.15, 0.2) is 11.5 Å². The van der Waals surface area contributed by atoms with Crippen molar-refractivity contribution in [3.05, 3.63) is 102 Å². The fourth-order valence-corrected chi connectivity index (χ4v) is 4.15. The summed E-state index contributed by atoms with van der Waals surface area (Å²) in [5.74, 6) is -0.400. The maximum atomic E-state index is 13.3. The number of H-pyrrole nitrogens is 1. The van der Waals surface area contributed by atoms with Crippen LogP contribution in [0.3, 0.4) is 0 Å². The number of furan rings is 1. The van der Waals surface area contributed by atoms with E-state index in [4.69, 9.17) is 13.9 Å². The summed E-state index contributed by atoms with van der Waals surface area (Å²) in [4.78, 5) is 30.7. The maximum Gasteiger partial charge on any atom is 0.379 e. The zero-order chi connectivity index (χ0) is 27.4. The summed E-state index contributed by atoms with van der Waals surface area (Å²) < 4.78 is 15.8. The van der Waals surface area contributed by atoms with Crippen molar-refractivity contribution < 1.29 is 23.5 Å². The fourth-order valence-electron chi connectivity index (χ4n) is 4.15. The number of fused-ring (bicyclic) bond motifs is 1. The minimum atomic E-state index is -0.641. The Morgan fingerprint density at radius 1 is 0.974 bits per heavy atom. The lowest BCUT2D eigenvalue weighted by atomic mass is 10.0. The van der Waals surface area contributed by atoms with E-state index in [1.165, 1.54) is 25.7 Å². The molecule has 196 valence electrons. The van der Waals surface area contributed by atoms with Gasteiger partial charge in [0, 0.05) is 36.2 Å². The van der Waals surface area contributed by atoms with E-state index in [0.29, 0.717) is 17.0 Å². The molecule has 5 aromatic rings. The average Bonchev–Trinajstić information content (AvgIpc) is 3.62. The van der Waals surface area contributed by atoms with Crippen LogP contribution in [0.5, 0.6) is 11.5 Å². The van der Waals surface area contributed by atoms with Crippen LogP contribution in [0.1, 0.15) is 26.6 Å². The first-order valence-corrected chi connectivity index (χ1v) is 12.1. The Morgan fingerprint density at radius 3 is 2.51 bits per heavy atom. The number of benzene rings is 3. The summed E-state index contributed by atoms with van der Waals surface area (Å²) in [6.07, 6.45) is 2.87. The number of carbonyl (C=O) groups is 2. The topological polar surface area (TPSA) is 109 Å². The molecule has 2 heterocycles. The number of aromatic nitrogens is 1. The number of aromatic amines is 1. The van der Waals surface area contributed by atoms with Gasteiger partial charge in [0.25, 0.3) is 5.91 Å². The minimum Gasteiger partial charge on any atom is -0.493 e. The van der Waals surface area contributed by atoms with Gasteiger partial charge >= 0.3 is 5.97 Å². The number of hydrogen-bond donors (Lipinski definition) is 2. The van der Waals surface area contributed by atoms with Gasteiger partial charge in [-0.1, -0.05) is 30.3 Å². The van der Waals surface area contributed by atoms with Crippen LogP contribution in [-0.4, -0.2) is 44.3 Å². The molecule has 2 aromatic heterocycles. The molecule has 0 aliphatic carbocycles. The van der Waals surface area contributed by atoms with Crippen molar-refractivity contribution in [3.8, 4) is 22.6 Å². The number of nitrogens with one attached hydrogen (secondary N) is 2. The van der Waals surface area contributed by atoms with Gasteiger partial charge in [-0.25, -0.2) is 10.2 Å². The zero-order valence-electron chi connectivity index (χ0n) is 21.6. The SMILES string of the molecule is COc1cc(C=NNC(=O)c2[nH]c3ccc(N(C)C)cc3c2-c2ccccc2)ccc1OC(=O)c1ccco1. The fraction of sp³-hybridized carbons (Fsp3) is 0.100. The summed E-state index contributed by atoms with van der Waals surface area (Å²) in [7, 11) is 5.41. The van der Waals surface area contributed by atoms with Crippen LogP contribution in [0.15, 0.2) is 94.6 Å². The standard InChI is InChI=1S/C30H26N4O5/c1-34(2)21-12-13-23-22(17-21)27(20-8-5-4-6-9-20)28(32-23)29(35)33-31-18-19-11-14-24(26(16-19)37-3)39-30(36)25-10-7-15-38-25/h4-18,32H,1-3H3,(H,33,35). The van der Waals surface area contributed by atoms with E-state index in [0.717, 1.165) is 27.7 Å². The first kappa shape index (κ1) is 25.3. The highest BCUT2D eigenvalue weighted by Gasteiger charge is 2.20. The summed E-state index contributed by atoms with van der Waals surface area (Å²) in [6, 6.07) is 23.8. The Balaban J connectivity index is 1.38. The van der Waals surface area contributed by atoms with E-state index >= 15 is 0 Å². The van der Waals surface area contributed by atoms with Gasteiger partial charge in [-0.15, -0.1) is 0 Å². The van der Waals surface area contributed by atoms with Crippen LogP contribution in [0.2, 0.25) is 0 Å². The van der Waals surface area contributed by atoms with Gasteiger partial charge in [0.05, 0.1) is 19.6 Å². The zero-order valence-corrected chi connectivity index (χ0v) is 21.6. The third-order valence-electron chi connectivity index (χ3n) is 6.08. The molecule has 0 atom stereocenters. The van der Waals surface area contributed by atoms with E-state index in [9.17, 15) is 9.59 Å². The van der Waals surface area contributed by atoms with Crippen molar-refractivity contribution in [3.63, 3.8) is 0 Å². The summed E-state index contributed by atoms with van der Waals surface area (Å²) in [5, 5.41) is 5.08. The average molecular weight is 523 g/mol. The van der Waals surface area contributed by atoms with Crippen LogP contribution < -0.4 is 19.8 Å². The highest BCUT2D eigenvalue weighted by molar-refractivity contribution is 6.10. The smallest absolute Gasteiger partial charge is 0.379 e. The van der Waals surface area contributed by atoms with Crippen molar-refractivity contribution >= 4 is 34.7 Å². The van der Waals surface area contributed by atoms with Gasteiger partial charge in [-0.2, -0.15) is 5.10 Å². The summed E-state index contributed by atoms with van der Waals surface area (Å²) in [6.45, 7) is 0. The Hall–Kier alpha value is -5.31. The first-order valence-electron chi connectivity index (χ1n) is 12.1. The number of anilines is 1. The molecule has 9 heteroatoms. The lowest BCUT2D eigenvalue weighted by Crippen LogP contribution is -2.18. The Bertz CT molecular complexity index is 1650. The number of hydrazone groups is 1. The monoisotopic (exact) mass is 522 g/mol. The third kappa shape index (κ3) is 5.37. The lowest BCUT2D eigenvalue weighted by molar-refractivity contribution is 0.0696. The number of esters is 1. The van der Waals surface area contributed by atoms with Crippen LogP contribution in [-0.2, 0) is 0 Å². The molecule has 5 rings (SSSR count). The van der Waals surface area contributed by atoms with Gasteiger partial charge in [-0.3, -0.25) is 4.79 Å². The largest absolute Gasteiger partial charge is 0.493 e. The molecule has 0 saturated heterocycles.